The van der Waals surface area contributed by atoms with Crippen LogP contribution in [0, 0.1) is 0 Å². The van der Waals surface area contributed by atoms with Gasteiger partial charge in [0.05, 0.1) is 22.7 Å². The molecule has 0 saturated heterocycles. The van der Waals surface area contributed by atoms with Crippen molar-refractivity contribution in [3.05, 3.63) is 61.6 Å². The zero-order valence-corrected chi connectivity index (χ0v) is 15.9. The van der Waals surface area contributed by atoms with Crippen molar-refractivity contribution in [1.29, 1.82) is 0 Å². The molecule has 3 rings (SSSR count). The summed E-state index contributed by atoms with van der Waals surface area (Å²) in [6.07, 6.45) is -0.0217. The molecule has 0 amide bonds. The minimum absolute atomic E-state index is 0.0323. The quantitative estimate of drug-likeness (QED) is 0.332. The predicted molar refractivity (Wildman–Crippen MR) is 102 cm³/mol. The molecule has 0 N–H and O–H groups in total. The first-order chi connectivity index (χ1) is 13.0. The summed E-state index contributed by atoms with van der Waals surface area (Å²) in [4.78, 5) is 36.2. The van der Waals surface area contributed by atoms with Crippen LogP contribution < -0.4 is 10.4 Å². The van der Waals surface area contributed by atoms with E-state index in [1.54, 1.807) is 30.3 Å². The van der Waals surface area contributed by atoms with Gasteiger partial charge in [0.25, 0.3) is 0 Å². The lowest BCUT2D eigenvalue weighted by Crippen LogP contribution is -2.09. The fraction of sp³-hybridized carbons (Fsp3) is 0.211. The first kappa shape index (κ1) is 19.1. The van der Waals surface area contributed by atoms with Crippen LogP contribution in [0.4, 0.5) is 0 Å². The van der Waals surface area contributed by atoms with E-state index in [0.717, 1.165) is 0 Å². The smallest absolute Gasteiger partial charge is 0.336 e. The summed E-state index contributed by atoms with van der Waals surface area (Å²) in [6, 6.07) is 9.58. The third-order valence-electron chi connectivity index (χ3n) is 3.83. The molecule has 0 aliphatic carbocycles. The van der Waals surface area contributed by atoms with Crippen molar-refractivity contribution >= 4 is 45.7 Å². The zero-order chi connectivity index (χ0) is 19.4. The van der Waals surface area contributed by atoms with Crippen molar-refractivity contribution in [2.45, 2.75) is 19.4 Å². The molecule has 0 spiro atoms. The van der Waals surface area contributed by atoms with Gasteiger partial charge in [-0.25, -0.2) is 4.79 Å². The van der Waals surface area contributed by atoms with Gasteiger partial charge < -0.3 is 13.9 Å². The van der Waals surface area contributed by atoms with E-state index in [2.05, 4.69) is 0 Å². The molecule has 2 heterocycles. The Morgan fingerprint density at radius 3 is 2.67 bits per heavy atom. The summed E-state index contributed by atoms with van der Waals surface area (Å²) in [5.41, 5.74) is 0.317. The zero-order valence-electron chi connectivity index (χ0n) is 14.3. The number of thiophene rings is 1. The normalized spacial score (nSPS) is 10.7. The lowest BCUT2D eigenvalue weighted by molar-refractivity contribution is -0.144. The maximum absolute atomic E-state index is 12.0. The third kappa shape index (κ3) is 4.75. The molecule has 0 bridgehead atoms. The summed E-state index contributed by atoms with van der Waals surface area (Å²) >= 11 is 6.97. The van der Waals surface area contributed by atoms with Gasteiger partial charge in [0.15, 0.2) is 5.78 Å². The summed E-state index contributed by atoms with van der Waals surface area (Å²) in [5, 5.41) is 0.646. The molecule has 0 aliphatic heterocycles. The van der Waals surface area contributed by atoms with Crippen LogP contribution in [0.15, 0.2) is 45.6 Å². The van der Waals surface area contributed by atoms with Gasteiger partial charge in [0.1, 0.15) is 17.9 Å². The Morgan fingerprint density at radius 1 is 1.15 bits per heavy atom. The Bertz CT molecular complexity index is 1050. The van der Waals surface area contributed by atoms with Crippen molar-refractivity contribution in [2.75, 3.05) is 7.11 Å². The molecule has 0 aliphatic rings. The summed E-state index contributed by atoms with van der Waals surface area (Å²) in [5.74, 6) is -0.144. The number of fused-ring (bicyclic) bond motifs is 1. The first-order valence-electron chi connectivity index (χ1n) is 8.01. The van der Waals surface area contributed by atoms with Gasteiger partial charge in [-0.15, -0.1) is 11.3 Å². The molecule has 27 heavy (non-hydrogen) atoms. The van der Waals surface area contributed by atoms with E-state index in [1.807, 2.05) is 0 Å². The van der Waals surface area contributed by atoms with E-state index in [9.17, 15) is 14.4 Å². The van der Waals surface area contributed by atoms with E-state index >= 15 is 0 Å². The fourth-order valence-electron chi connectivity index (χ4n) is 2.49. The summed E-state index contributed by atoms with van der Waals surface area (Å²) in [6.45, 7) is -0.0910. The number of hydrogen-bond donors (Lipinski definition) is 0. The maximum atomic E-state index is 12.0. The summed E-state index contributed by atoms with van der Waals surface area (Å²) < 4.78 is 16.0. The van der Waals surface area contributed by atoms with Gasteiger partial charge in [-0.05, 0) is 24.3 Å². The number of benzene rings is 1. The molecule has 0 unspecified atom stereocenters. The lowest BCUT2D eigenvalue weighted by atomic mass is 10.1. The van der Waals surface area contributed by atoms with Gasteiger partial charge in [-0.3, -0.25) is 9.59 Å². The Kier molecular flexibility index (Phi) is 5.93. The van der Waals surface area contributed by atoms with Crippen LogP contribution >= 0.6 is 22.9 Å². The highest BCUT2D eigenvalue weighted by atomic mass is 35.5. The SMILES string of the molecule is COc1ccc2c(COC(=O)CCC(=O)c3ccc(Cl)s3)cc(=O)oc2c1. The highest BCUT2D eigenvalue weighted by Gasteiger charge is 2.14. The van der Waals surface area contributed by atoms with Crippen molar-refractivity contribution in [3.63, 3.8) is 0 Å². The van der Waals surface area contributed by atoms with Gasteiger partial charge >= 0.3 is 11.6 Å². The molecule has 3 aromatic rings. The second-order valence-corrected chi connectivity index (χ2v) is 7.36. The molecule has 1 aromatic carbocycles. The van der Waals surface area contributed by atoms with E-state index < -0.39 is 11.6 Å². The van der Waals surface area contributed by atoms with Gasteiger partial charge in [-0.1, -0.05) is 11.6 Å². The van der Waals surface area contributed by atoms with Crippen molar-refractivity contribution in [2.24, 2.45) is 0 Å². The molecular formula is C19H15ClO6S. The lowest BCUT2D eigenvalue weighted by Gasteiger charge is -2.08. The van der Waals surface area contributed by atoms with Crippen LogP contribution in [-0.4, -0.2) is 18.9 Å². The first-order valence-corrected chi connectivity index (χ1v) is 9.20. The van der Waals surface area contributed by atoms with Crippen molar-refractivity contribution in [3.8, 4) is 5.75 Å². The largest absolute Gasteiger partial charge is 0.497 e. The van der Waals surface area contributed by atoms with E-state index in [4.69, 9.17) is 25.5 Å². The minimum Gasteiger partial charge on any atom is -0.497 e. The van der Waals surface area contributed by atoms with Crippen LogP contribution in [0.2, 0.25) is 4.34 Å². The van der Waals surface area contributed by atoms with Crippen LogP contribution in [-0.2, 0) is 16.1 Å². The number of halogens is 1. The molecule has 0 saturated carbocycles. The highest BCUT2D eigenvalue weighted by molar-refractivity contribution is 7.18. The number of ketones is 1. The van der Waals surface area contributed by atoms with Crippen LogP contribution in [0.1, 0.15) is 28.1 Å². The van der Waals surface area contributed by atoms with E-state index in [-0.39, 0.29) is 25.2 Å². The van der Waals surface area contributed by atoms with Gasteiger partial charge in [0.2, 0.25) is 0 Å². The third-order valence-corrected chi connectivity index (χ3v) is 5.10. The van der Waals surface area contributed by atoms with Crippen molar-refractivity contribution < 1.29 is 23.5 Å². The fourth-order valence-corrected chi connectivity index (χ4v) is 3.50. The number of hydrogen-bond acceptors (Lipinski definition) is 7. The Balaban J connectivity index is 1.63. The molecule has 2 aromatic heterocycles. The molecule has 6 nitrogen and oxygen atoms in total. The minimum atomic E-state index is -0.549. The second kappa shape index (κ2) is 8.37. The van der Waals surface area contributed by atoms with Gasteiger partial charge in [-0.2, -0.15) is 0 Å². The maximum Gasteiger partial charge on any atom is 0.336 e. The van der Waals surface area contributed by atoms with Crippen LogP contribution in [0.3, 0.4) is 0 Å². The average Bonchev–Trinajstić information content (AvgIpc) is 3.09. The highest BCUT2D eigenvalue weighted by Crippen LogP contribution is 2.24. The number of carbonyl (C=O) groups excluding carboxylic acids is 2. The molecule has 0 atom stereocenters. The van der Waals surface area contributed by atoms with E-state index in [0.29, 0.717) is 31.5 Å². The van der Waals surface area contributed by atoms with Crippen LogP contribution in [0.25, 0.3) is 11.0 Å². The number of carbonyl (C=O) groups is 2. The monoisotopic (exact) mass is 406 g/mol. The molecule has 0 radical (unpaired) electrons. The number of methoxy groups -OCH3 is 1. The topological polar surface area (TPSA) is 82.8 Å². The molecule has 8 heteroatoms. The molecule has 0 fully saturated rings. The molecule has 140 valence electrons. The number of esters is 1. The predicted octanol–water partition coefficient (Wildman–Crippen LogP) is 4.22. The standard InChI is InChI=1S/C19H15ClO6S/c1-24-12-2-3-13-11(8-19(23)26-15(13)9-12)10-25-18(22)7-4-14(21)16-5-6-17(20)27-16/h2-3,5-6,8-9H,4,7,10H2,1H3. The van der Waals surface area contributed by atoms with E-state index in [1.165, 1.54) is 24.5 Å². The second-order valence-electron chi connectivity index (χ2n) is 5.64. The van der Waals surface area contributed by atoms with Gasteiger partial charge in [0, 0.05) is 29.5 Å². The average molecular weight is 407 g/mol. The number of rotatable bonds is 7. The summed E-state index contributed by atoms with van der Waals surface area (Å²) in [7, 11) is 1.51. The number of Topliss-reactive ketones (excluding diaryl/α,β-unsaturated/α-hetero) is 1. The Hall–Kier alpha value is -2.64. The Labute approximate surface area is 163 Å². The number of ether oxygens (including phenoxy) is 2. The van der Waals surface area contributed by atoms with Crippen LogP contribution in [0.5, 0.6) is 5.75 Å². The van der Waals surface area contributed by atoms with Crippen molar-refractivity contribution in [1.82, 2.24) is 0 Å². The molecular weight excluding hydrogens is 392 g/mol. The Morgan fingerprint density at radius 2 is 1.96 bits per heavy atom.